The first kappa shape index (κ1) is 25.4. The van der Waals surface area contributed by atoms with Gasteiger partial charge in [-0.1, -0.05) is 30.3 Å². The van der Waals surface area contributed by atoms with Gasteiger partial charge in [-0.15, -0.1) is 0 Å². The summed E-state index contributed by atoms with van der Waals surface area (Å²) in [6.07, 6.45) is 7.21. The second-order valence-electron chi connectivity index (χ2n) is 10.1. The topological polar surface area (TPSA) is 136 Å². The molecule has 1 saturated heterocycles. The highest BCUT2D eigenvalue weighted by molar-refractivity contribution is 7.90. The van der Waals surface area contributed by atoms with Crippen molar-refractivity contribution in [2.24, 2.45) is 4.99 Å². The Balaban J connectivity index is 1.31. The molecule has 0 bridgehead atoms. The fourth-order valence-corrected chi connectivity index (χ4v) is 7.06. The van der Waals surface area contributed by atoms with Gasteiger partial charge in [-0.2, -0.15) is 4.31 Å². The molecule has 0 amide bonds. The number of methoxy groups -OCH3 is 1. The molecule has 0 spiro atoms. The first-order valence-electron chi connectivity index (χ1n) is 13.2. The maximum Gasteiger partial charge on any atom is 0.223 e. The summed E-state index contributed by atoms with van der Waals surface area (Å²) in [5.41, 5.74) is 11.2. The van der Waals surface area contributed by atoms with E-state index in [1.54, 1.807) is 23.8 Å². The van der Waals surface area contributed by atoms with Gasteiger partial charge in [0.05, 0.1) is 29.5 Å². The molecule has 0 radical (unpaired) electrons. The summed E-state index contributed by atoms with van der Waals surface area (Å²) in [5, 5.41) is 3.17. The van der Waals surface area contributed by atoms with E-state index in [0.717, 1.165) is 53.8 Å². The van der Waals surface area contributed by atoms with Gasteiger partial charge >= 0.3 is 0 Å². The molecule has 11 heteroatoms. The number of allylic oxidation sites excluding steroid dienone is 1. The SMILES string of the molecule is COc1cc(C2=C(c3ccnc(N[C@@H]4CCCN(S(=O)(=O)C5CC5)C4)n3)N=C(c3ccccc3)C2)cnc1N. The number of hydrogen-bond donors (Lipinski definition) is 2. The van der Waals surface area contributed by atoms with Crippen molar-refractivity contribution < 1.29 is 13.2 Å². The summed E-state index contributed by atoms with van der Waals surface area (Å²) in [5.74, 6) is 1.27. The Kier molecular flexibility index (Phi) is 6.78. The van der Waals surface area contributed by atoms with Crippen LogP contribution >= 0.6 is 0 Å². The van der Waals surface area contributed by atoms with Gasteiger partial charge < -0.3 is 15.8 Å². The number of benzene rings is 1. The molecule has 202 valence electrons. The number of hydrogen-bond acceptors (Lipinski definition) is 9. The van der Waals surface area contributed by atoms with Gasteiger partial charge in [0.2, 0.25) is 16.0 Å². The first-order valence-corrected chi connectivity index (χ1v) is 14.7. The Labute approximate surface area is 228 Å². The molecular weight excluding hydrogens is 514 g/mol. The zero-order chi connectivity index (χ0) is 27.0. The lowest BCUT2D eigenvalue weighted by Gasteiger charge is -2.32. The van der Waals surface area contributed by atoms with Crippen LogP contribution in [0.4, 0.5) is 11.8 Å². The van der Waals surface area contributed by atoms with Crippen molar-refractivity contribution >= 4 is 38.8 Å². The molecule has 1 saturated carbocycles. The van der Waals surface area contributed by atoms with Gasteiger partial charge in [0.1, 0.15) is 0 Å². The van der Waals surface area contributed by atoms with E-state index in [1.165, 1.54) is 0 Å². The van der Waals surface area contributed by atoms with E-state index >= 15 is 0 Å². The van der Waals surface area contributed by atoms with Crippen LogP contribution in [0.25, 0.3) is 11.3 Å². The van der Waals surface area contributed by atoms with Gasteiger partial charge in [-0.05, 0) is 49.0 Å². The van der Waals surface area contributed by atoms with E-state index in [0.29, 0.717) is 42.7 Å². The van der Waals surface area contributed by atoms with E-state index < -0.39 is 10.0 Å². The van der Waals surface area contributed by atoms with Gasteiger partial charge in [-0.25, -0.2) is 28.4 Å². The monoisotopic (exact) mass is 545 g/mol. The van der Waals surface area contributed by atoms with Gasteiger partial charge in [-0.3, -0.25) is 0 Å². The summed E-state index contributed by atoms with van der Waals surface area (Å²) in [6.45, 7) is 0.998. The van der Waals surface area contributed by atoms with Crippen molar-refractivity contribution in [3.05, 3.63) is 71.7 Å². The number of anilines is 2. The van der Waals surface area contributed by atoms with Crippen LogP contribution in [0.15, 0.2) is 59.9 Å². The van der Waals surface area contributed by atoms with Crippen LogP contribution in [-0.4, -0.2) is 64.9 Å². The Morgan fingerprint density at radius 2 is 1.90 bits per heavy atom. The lowest BCUT2D eigenvalue weighted by molar-refractivity contribution is 0.326. The summed E-state index contributed by atoms with van der Waals surface area (Å²) < 4.78 is 32.6. The molecular formula is C28H31N7O3S. The third-order valence-corrected chi connectivity index (χ3v) is 9.72. The smallest absolute Gasteiger partial charge is 0.223 e. The van der Waals surface area contributed by atoms with Crippen molar-refractivity contribution in [1.82, 2.24) is 19.3 Å². The Hall–Kier alpha value is -3.83. The molecule has 3 aliphatic rings. The van der Waals surface area contributed by atoms with Crippen LogP contribution < -0.4 is 15.8 Å². The number of nitrogen functional groups attached to an aromatic ring is 1. The summed E-state index contributed by atoms with van der Waals surface area (Å²) in [7, 11) is -1.65. The number of nitrogens with zero attached hydrogens (tertiary/aromatic N) is 5. The molecule has 39 heavy (non-hydrogen) atoms. The molecule has 6 rings (SSSR count). The normalized spacial score (nSPS) is 20.1. The number of sulfonamides is 1. The number of rotatable bonds is 8. The van der Waals surface area contributed by atoms with E-state index in [9.17, 15) is 8.42 Å². The largest absolute Gasteiger partial charge is 0.493 e. The van der Waals surface area contributed by atoms with Crippen LogP contribution in [-0.2, 0) is 10.0 Å². The predicted molar refractivity (Wildman–Crippen MR) is 152 cm³/mol. The van der Waals surface area contributed by atoms with Gasteiger partial charge in [0.25, 0.3) is 0 Å². The van der Waals surface area contributed by atoms with Crippen LogP contribution in [0.1, 0.15) is 48.9 Å². The molecule has 3 aromatic rings. The quantitative estimate of drug-likeness (QED) is 0.438. The molecule has 1 aromatic carbocycles. The lowest BCUT2D eigenvalue weighted by Crippen LogP contribution is -2.46. The molecule has 2 fully saturated rings. The van der Waals surface area contributed by atoms with E-state index in [1.807, 2.05) is 42.5 Å². The summed E-state index contributed by atoms with van der Waals surface area (Å²) in [6, 6.07) is 13.7. The number of ether oxygens (including phenoxy) is 1. The van der Waals surface area contributed by atoms with Gasteiger partial charge in [0.15, 0.2) is 11.6 Å². The van der Waals surface area contributed by atoms with Crippen molar-refractivity contribution in [3.63, 3.8) is 0 Å². The van der Waals surface area contributed by atoms with Crippen molar-refractivity contribution in [3.8, 4) is 5.75 Å². The minimum atomic E-state index is -3.21. The van der Waals surface area contributed by atoms with E-state index in [4.69, 9.17) is 20.4 Å². The zero-order valence-electron chi connectivity index (χ0n) is 21.7. The highest BCUT2D eigenvalue weighted by Gasteiger charge is 2.41. The Bertz CT molecular complexity index is 1550. The highest BCUT2D eigenvalue weighted by atomic mass is 32.2. The fourth-order valence-electron chi connectivity index (χ4n) is 5.14. The standard InChI is InChI=1S/C28H31N7O3S/c1-38-25-14-19(16-31-27(25)29)22-15-24(18-6-3-2-4-7-18)33-26(22)23-11-12-30-28(34-23)32-20-8-5-13-35(17-20)39(36,37)21-9-10-21/h2-4,6-7,11-12,14,16,20-21H,5,8-10,13,15,17H2,1H3,(H2,29,31)(H,30,32,34)/t20-/m1/s1. The predicted octanol–water partition coefficient (Wildman–Crippen LogP) is 3.59. The fraction of sp³-hybridized carbons (Fsp3) is 0.357. The Morgan fingerprint density at radius 1 is 1.08 bits per heavy atom. The number of nitrogens with one attached hydrogen (secondary N) is 1. The van der Waals surface area contributed by atoms with Crippen LogP contribution in [0, 0.1) is 0 Å². The maximum absolute atomic E-state index is 12.8. The van der Waals surface area contributed by atoms with Gasteiger partial charge in [0, 0.05) is 43.5 Å². The lowest BCUT2D eigenvalue weighted by atomic mass is 9.98. The van der Waals surface area contributed by atoms with Crippen molar-refractivity contribution in [2.45, 2.75) is 43.4 Å². The minimum Gasteiger partial charge on any atom is -0.493 e. The third-order valence-electron chi connectivity index (χ3n) is 7.36. The maximum atomic E-state index is 12.8. The second-order valence-corrected chi connectivity index (χ2v) is 12.3. The van der Waals surface area contributed by atoms with E-state index in [2.05, 4.69) is 15.3 Å². The molecule has 2 aromatic heterocycles. The molecule has 4 heterocycles. The number of piperidine rings is 1. The van der Waals surface area contributed by atoms with Crippen LogP contribution in [0.2, 0.25) is 0 Å². The van der Waals surface area contributed by atoms with E-state index in [-0.39, 0.29) is 11.3 Å². The third kappa shape index (κ3) is 5.24. The average molecular weight is 546 g/mol. The zero-order valence-corrected chi connectivity index (χ0v) is 22.6. The van der Waals surface area contributed by atoms with Crippen LogP contribution in [0.5, 0.6) is 5.75 Å². The minimum absolute atomic E-state index is 0.0616. The molecule has 10 nitrogen and oxygen atoms in total. The second kappa shape index (κ2) is 10.4. The number of aromatic nitrogens is 3. The van der Waals surface area contributed by atoms with Crippen molar-refractivity contribution in [1.29, 1.82) is 0 Å². The molecule has 3 N–H and O–H groups in total. The first-order chi connectivity index (χ1) is 18.9. The Morgan fingerprint density at radius 3 is 2.67 bits per heavy atom. The van der Waals surface area contributed by atoms with Crippen molar-refractivity contribution in [2.75, 3.05) is 31.2 Å². The number of aliphatic imine (C=N–C) groups is 1. The number of pyridine rings is 1. The summed E-state index contributed by atoms with van der Waals surface area (Å²) in [4.78, 5) is 18.6. The molecule has 1 aliphatic carbocycles. The van der Waals surface area contributed by atoms with Crippen LogP contribution in [0.3, 0.4) is 0 Å². The molecule has 0 unspecified atom stereocenters. The summed E-state index contributed by atoms with van der Waals surface area (Å²) >= 11 is 0. The molecule has 2 aliphatic heterocycles. The average Bonchev–Trinajstić information content (AvgIpc) is 3.74. The number of nitrogens with two attached hydrogens (primary N) is 1. The highest BCUT2D eigenvalue weighted by Crippen LogP contribution is 2.38. The molecule has 1 atom stereocenters.